The Hall–Kier alpha value is -0.720. The molecule has 50 valence electrons. The van der Waals surface area contributed by atoms with E-state index in [-0.39, 0.29) is 5.54 Å². The van der Waals surface area contributed by atoms with Gasteiger partial charge >= 0.3 is 0 Å². The van der Waals surface area contributed by atoms with Crippen LogP contribution in [0.25, 0.3) is 0 Å². The monoisotopic (exact) mass is 123 g/mol. The molecular formula is C8H13N. The average molecular weight is 123 g/mol. The van der Waals surface area contributed by atoms with Gasteiger partial charge in [-0.15, -0.1) is 0 Å². The molecule has 1 rings (SSSR count). The molecule has 0 atom stereocenters. The fourth-order valence-electron chi connectivity index (χ4n) is 0.956. The highest BCUT2D eigenvalue weighted by atomic mass is 15.0. The zero-order valence-corrected chi connectivity index (χ0v) is 6.28. The van der Waals surface area contributed by atoms with Crippen LogP contribution >= 0.6 is 0 Å². The van der Waals surface area contributed by atoms with Gasteiger partial charge in [-0.05, 0) is 31.9 Å². The molecule has 0 aromatic carbocycles. The summed E-state index contributed by atoms with van der Waals surface area (Å²) in [4.78, 5) is 0. The molecule has 1 N–H and O–H groups in total. The van der Waals surface area contributed by atoms with Crippen molar-refractivity contribution in [2.24, 2.45) is 0 Å². The van der Waals surface area contributed by atoms with E-state index in [9.17, 15) is 0 Å². The SMILES string of the molecule is C=C1C(C)=CNC1(C)C. The van der Waals surface area contributed by atoms with Crippen LogP contribution in [0.5, 0.6) is 0 Å². The molecule has 0 fully saturated rings. The molecule has 1 heteroatoms. The summed E-state index contributed by atoms with van der Waals surface area (Å²) in [6, 6.07) is 0. The molecule has 1 heterocycles. The van der Waals surface area contributed by atoms with Gasteiger partial charge in [0.05, 0.1) is 5.54 Å². The van der Waals surface area contributed by atoms with E-state index in [4.69, 9.17) is 0 Å². The number of nitrogens with one attached hydrogen (secondary N) is 1. The average Bonchev–Trinajstić information content (AvgIpc) is 1.97. The molecule has 0 aromatic rings. The molecule has 0 aromatic heterocycles. The van der Waals surface area contributed by atoms with Gasteiger partial charge in [0.1, 0.15) is 0 Å². The standard InChI is InChI=1S/C8H13N/c1-6-5-9-8(3,4)7(6)2/h5,9H,2H2,1,3-4H3. The molecule has 0 saturated carbocycles. The minimum atomic E-state index is 0.0874. The summed E-state index contributed by atoms with van der Waals surface area (Å²) in [5.74, 6) is 0. The van der Waals surface area contributed by atoms with Gasteiger partial charge in [0, 0.05) is 6.20 Å². The predicted octanol–water partition coefficient (Wildman–Crippen LogP) is 1.83. The smallest absolute Gasteiger partial charge is 0.0561 e. The molecule has 0 amide bonds. The fourth-order valence-corrected chi connectivity index (χ4v) is 0.956. The molecule has 0 bridgehead atoms. The largest absolute Gasteiger partial charge is 0.382 e. The van der Waals surface area contributed by atoms with Gasteiger partial charge in [0.2, 0.25) is 0 Å². The Kier molecular flexibility index (Phi) is 1.16. The maximum absolute atomic E-state index is 3.96. The third-order valence-corrected chi connectivity index (χ3v) is 1.88. The zero-order chi connectivity index (χ0) is 7.07. The first kappa shape index (κ1) is 6.40. The van der Waals surface area contributed by atoms with E-state index in [0.29, 0.717) is 0 Å². The first-order valence-electron chi connectivity index (χ1n) is 3.18. The maximum Gasteiger partial charge on any atom is 0.0561 e. The van der Waals surface area contributed by atoms with E-state index in [0.717, 1.165) is 0 Å². The molecule has 1 aliphatic heterocycles. The van der Waals surface area contributed by atoms with Gasteiger partial charge in [-0.3, -0.25) is 0 Å². The van der Waals surface area contributed by atoms with E-state index in [1.807, 2.05) is 6.20 Å². The summed E-state index contributed by atoms with van der Waals surface area (Å²) < 4.78 is 0. The van der Waals surface area contributed by atoms with E-state index in [1.54, 1.807) is 0 Å². The lowest BCUT2D eigenvalue weighted by Gasteiger charge is -2.20. The Morgan fingerprint density at radius 1 is 1.56 bits per heavy atom. The minimum Gasteiger partial charge on any atom is -0.382 e. The molecule has 9 heavy (non-hydrogen) atoms. The number of rotatable bonds is 0. The van der Waals surface area contributed by atoms with Crippen molar-refractivity contribution in [3.8, 4) is 0 Å². The molecule has 0 saturated heterocycles. The molecule has 0 radical (unpaired) electrons. The Morgan fingerprint density at radius 2 is 2.11 bits per heavy atom. The van der Waals surface area contributed by atoms with Crippen LogP contribution in [0.15, 0.2) is 23.9 Å². The minimum absolute atomic E-state index is 0.0874. The first-order chi connectivity index (χ1) is 4.04. The lowest BCUT2D eigenvalue weighted by atomic mass is 9.95. The fraction of sp³-hybridized carbons (Fsp3) is 0.500. The predicted molar refractivity (Wildman–Crippen MR) is 40.1 cm³/mol. The van der Waals surface area contributed by atoms with Crippen LogP contribution in [0.3, 0.4) is 0 Å². The highest BCUT2D eigenvalue weighted by molar-refractivity contribution is 5.40. The van der Waals surface area contributed by atoms with E-state index in [1.165, 1.54) is 11.1 Å². The van der Waals surface area contributed by atoms with Crippen molar-refractivity contribution in [1.82, 2.24) is 5.32 Å². The van der Waals surface area contributed by atoms with Gasteiger partial charge in [-0.2, -0.15) is 0 Å². The van der Waals surface area contributed by atoms with E-state index >= 15 is 0 Å². The molecule has 0 unspecified atom stereocenters. The van der Waals surface area contributed by atoms with Crippen molar-refractivity contribution in [2.75, 3.05) is 0 Å². The molecule has 1 nitrogen and oxygen atoms in total. The second-order valence-electron chi connectivity index (χ2n) is 3.08. The van der Waals surface area contributed by atoms with Gasteiger partial charge in [-0.25, -0.2) is 0 Å². The second kappa shape index (κ2) is 1.63. The van der Waals surface area contributed by atoms with Crippen molar-refractivity contribution in [1.29, 1.82) is 0 Å². The normalized spacial score (nSPS) is 23.4. The molecule has 0 spiro atoms. The highest BCUT2D eigenvalue weighted by Gasteiger charge is 2.25. The maximum atomic E-state index is 3.96. The van der Waals surface area contributed by atoms with Gasteiger partial charge < -0.3 is 5.32 Å². The summed E-state index contributed by atoms with van der Waals surface area (Å²) >= 11 is 0. The van der Waals surface area contributed by atoms with Gasteiger partial charge in [-0.1, -0.05) is 6.58 Å². The summed E-state index contributed by atoms with van der Waals surface area (Å²) in [5, 5.41) is 3.23. The van der Waals surface area contributed by atoms with Crippen LogP contribution in [0.2, 0.25) is 0 Å². The zero-order valence-electron chi connectivity index (χ0n) is 6.28. The van der Waals surface area contributed by atoms with Crippen LogP contribution in [-0.2, 0) is 0 Å². The van der Waals surface area contributed by atoms with Crippen molar-refractivity contribution < 1.29 is 0 Å². The Bertz CT molecular complexity index is 175. The summed E-state index contributed by atoms with van der Waals surface area (Å²) in [5.41, 5.74) is 2.55. The van der Waals surface area contributed by atoms with Crippen LogP contribution < -0.4 is 5.32 Å². The Labute approximate surface area is 56.5 Å². The highest BCUT2D eigenvalue weighted by Crippen LogP contribution is 2.26. The lowest BCUT2D eigenvalue weighted by molar-refractivity contribution is 0.554. The van der Waals surface area contributed by atoms with Crippen molar-refractivity contribution in [2.45, 2.75) is 26.3 Å². The molecule has 0 aliphatic carbocycles. The topological polar surface area (TPSA) is 12.0 Å². The first-order valence-corrected chi connectivity index (χ1v) is 3.18. The van der Waals surface area contributed by atoms with Crippen LogP contribution in [0.1, 0.15) is 20.8 Å². The van der Waals surface area contributed by atoms with Crippen LogP contribution in [0.4, 0.5) is 0 Å². The van der Waals surface area contributed by atoms with E-state index in [2.05, 4.69) is 32.7 Å². The number of hydrogen-bond donors (Lipinski definition) is 1. The Morgan fingerprint density at radius 3 is 2.22 bits per heavy atom. The summed E-state index contributed by atoms with van der Waals surface area (Å²) in [6.45, 7) is 10.3. The van der Waals surface area contributed by atoms with E-state index < -0.39 is 0 Å². The van der Waals surface area contributed by atoms with Gasteiger partial charge in [0.15, 0.2) is 0 Å². The molecule has 1 aliphatic rings. The van der Waals surface area contributed by atoms with Crippen LogP contribution in [-0.4, -0.2) is 5.54 Å². The quantitative estimate of drug-likeness (QED) is 0.518. The number of hydrogen-bond acceptors (Lipinski definition) is 1. The molecular weight excluding hydrogens is 110 g/mol. The van der Waals surface area contributed by atoms with Crippen molar-refractivity contribution in [3.63, 3.8) is 0 Å². The second-order valence-corrected chi connectivity index (χ2v) is 3.08. The lowest BCUT2D eigenvalue weighted by Crippen LogP contribution is -2.32. The third-order valence-electron chi connectivity index (χ3n) is 1.88. The summed E-state index contributed by atoms with van der Waals surface area (Å²) in [7, 11) is 0. The summed E-state index contributed by atoms with van der Waals surface area (Å²) in [6.07, 6.45) is 2.02. The van der Waals surface area contributed by atoms with Gasteiger partial charge in [0.25, 0.3) is 0 Å². The van der Waals surface area contributed by atoms with Crippen LogP contribution in [0, 0.1) is 0 Å². The van der Waals surface area contributed by atoms with Crippen molar-refractivity contribution >= 4 is 0 Å². The van der Waals surface area contributed by atoms with Crippen molar-refractivity contribution in [3.05, 3.63) is 23.9 Å². The third kappa shape index (κ3) is 0.869. The Balaban J connectivity index is 2.86.